The second kappa shape index (κ2) is 7.55. The van der Waals surface area contributed by atoms with Crippen molar-refractivity contribution < 1.29 is 9.36 Å². The second-order valence-corrected chi connectivity index (χ2v) is 5.43. The van der Waals surface area contributed by atoms with Crippen molar-refractivity contribution in [2.24, 2.45) is 5.16 Å². The molecule has 0 bridgehead atoms. The second-order valence-electron chi connectivity index (χ2n) is 5.43. The summed E-state index contributed by atoms with van der Waals surface area (Å²) in [7, 11) is 0. The van der Waals surface area contributed by atoms with Crippen molar-refractivity contribution in [3.63, 3.8) is 0 Å². The Labute approximate surface area is 141 Å². The number of aromatic nitrogens is 2. The molecule has 1 aromatic heterocycles. The highest BCUT2D eigenvalue weighted by molar-refractivity contribution is 5.81. The van der Waals surface area contributed by atoms with Crippen molar-refractivity contribution in [1.29, 1.82) is 0 Å². The molecule has 0 atom stereocenters. The van der Waals surface area contributed by atoms with Gasteiger partial charge >= 0.3 is 0 Å². The molecule has 122 valence electrons. The fourth-order valence-corrected chi connectivity index (χ4v) is 2.24. The lowest BCUT2D eigenvalue weighted by molar-refractivity contribution is 0.107. The zero-order valence-electron chi connectivity index (χ0n) is 13.8. The summed E-state index contributed by atoms with van der Waals surface area (Å²) in [6, 6.07) is 16.1. The third-order valence-electron chi connectivity index (χ3n) is 3.73. The zero-order valence-corrected chi connectivity index (χ0v) is 13.8. The Bertz CT molecular complexity index is 823. The molecule has 0 saturated carbocycles. The van der Waals surface area contributed by atoms with E-state index in [0.29, 0.717) is 11.7 Å². The first-order valence-electron chi connectivity index (χ1n) is 7.89. The van der Waals surface area contributed by atoms with Crippen molar-refractivity contribution in [2.75, 3.05) is 0 Å². The molecule has 5 nitrogen and oxygen atoms in total. The van der Waals surface area contributed by atoms with E-state index in [2.05, 4.69) is 34.4 Å². The molecule has 0 aliphatic heterocycles. The maximum absolute atomic E-state index is 5.24. The van der Waals surface area contributed by atoms with E-state index >= 15 is 0 Å². The lowest BCUT2D eigenvalue weighted by Gasteiger charge is -1.98. The summed E-state index contributed by atoms with van der Waals surface area (Å²) in [6.45, 7) is 4.29. The SMILES string of the molecule is CCc1ccc(-c2noc(CO/N=C\c3ccccc3C)n2)cc1. The zero-order chi connectivity index (χ0) is 16.8. The van der Waals surface area contributed by atoms with Crippen LogP contribution in [0.3, 0.4) is 0 Å². The van der Waals surface area contributed by atoms with Crippen LogP contribution in [0.4, 0.5) is 0 Å². The van der Waals surface area contributed by atoms with Gasteiger partial charge in [0.2, 0.25) is 5.82 Å². The summed E-state index contributed by atoms with van der Waals surface area (Å²) in [6.07, 6.45) is 2.68. The van der Waals surface area contributed by atoms with Gasteiger partial charge in [0.25, 0.3) is 5.89 Å². The van der Waals surface area contributed by atoms with Gasteiger partial charge in [-0.25, -0.2) is 0 Å². The molecule has 0 fully saturated rings. The topological polar surface area (TPSA) is 60.5 Å². The predicted octanol–water partition coefficient (Wildman–Crippen LogP) is 4.16. The highest BCUT2D eigenvalue weighted by Crippen LogP contribution is 2.17. The van der Waals surface area contributed by atoms with Gasteiger partial charge in [-0.1, -0.05) is 65.8 Å². The van der Waals surface area contributed by atoms with Crippen LogP contribution in [0.1, 0.15) is 29.5 Å². The molecule has 0 amide bonds. The molecule has 0 aliphatic rings. The lowest BCUT2D eigenvalue weighted by Crippen LogP contribution is -1.90. The molecule has 5 heteroatoms. The number of aryl methyl sites for hydroxylation is 2. The minimum absolute atomic E-state index is 0.141. The third-order valence-corrected chi connectivity index (χ3v) is 3.73. The van der Waals surface area contributed by atoms with Crippen molar-refractivity contribution in [2.45, 2.75) is 26.9 Å². The molecule has 3 rings (SSSR count). The van der Waals surface area contributed by atoms with Gasteiger partial charge < -0.3 is 9.36 Å². The van der Waals surface area contributed by atoms with Gasteiger partial charge in [-0.05, 0) is 30.0 Å². The van der Waals surface area contributed by atoms with Crippen LogP contribution in [0.25, 0.3) is 11.4 Å². The summed E-state index contributed by atoms with van der Waals surface area (Å²) in [5.41, 5.74) is 4.35. The predicted molar refractivity (Wildman–Crippen MR) is 92.7 cm³/mol. The summed E-state index contributed by atoms with van der Waals surface area (Å²) >= 11 is 0. The van der Waals surface area contributed by atoms with Gasteiger partial charge in [0.05, 0.1) is 6.21 Å². The van der Waals surface area contributed by atoms with E-state index in [4.69, 9.17) is 9.36 Å². The summed E-state index contributed by atoms with van der Waals surface area (Å²) in [5.74, 6) is 0.950. The molecular formula is C19H19N3O2. The van der Waals surface area contributed by atoms with Crippen LogP contribution in [-0.4, -0.2) is 16.4 Å². The molecule has 3 aromatic rings. The molecule has 0 spiro atoms. The Morgan fingerprint density at radius 2 is 1.92 bits per heavy atom. The van der Waals surface area contributed by atoms with E-state index in [1.165, 1.54) is 5.56 Å². The van der Waals surface area contributed by atoms with Gasteiger partial charge in [0, 0.05) is 5.56 Å². The average Bonchev–Trinajstić information content (AvgIpc) is 3.09. The Kier molecular flexibility index (Phi) is 5.01. The van der Waals surface area contributed by atoms with Crippen LogP contribution in [0, 0.1) is 6.92 Å². The fraction of sp³-hybridized carbons (Fsp3) is 0.211. The quantitative estimate of drug-likeness (QED) is 0.505. The molecule has 1 heterocycles. The number of hydrogen-bond donors (Lipinski definition) is 0. The minimum Gasteiger partial charge on any atom is -0.386 e. The molecule has 0 radical (unpaired) electrons. The van der Waals surface area contributed by atoms with Crippen LogP contribution in [0.2, 0.25) is 0 Å². The van der Waals surface area contributed by atoms with Crippen LogP contribution in [0.5, 0.6) is 0 Å². The van der Waals surface area contributed by atoms with Gasteiger partial charge in [0.15, 0.2) is 6.61 Å². The van der Waals surface area contributed by atoms with Crippen LogP contribution in [0.15, 0.2) is 58.2 Å². The third kappa shape index (κ3) is 3.87. The molecular weight excluding hydrogens is 302 g/mol. The van der Waals surface area contributed by atoms with Crippen molar-refractivity contribution in [3.8, 4) is 11.4 Å². The first kappa shape index (κ1) is 15.9. The number of rotatable bonds is 6. The molecule has 0 unspecified atom stereocenters. The fourth-order valence-electron chi connectivity index (χ4n) is 2.24. The van der Waals surface area contributed by atoms with Crippen molar-refractivity contribution in [3.05, 3.63) is 71.1 Å². The van der Waals surface area contributed by atoms with E-state index in [0.717, 1.165) is 23.1 Å². The summed E-state index contributed by atoms with van der Waals surface area (Å²) in [5, 5.41) is 7.92. The largest absolute Gasteiger partial charge is 0.386 e. The molecule has 24 heavy (non-hydrogen) atoms. The summed E-state index contributed by atoms with van der Waals surface area (Å²) in [4.78, 5) is 9.56. The average molecular weight is 321 g/mol. The van der Waals surface area contributed by atoms with Crippen molar-refractivity contribution in [1.82, 2.24) is 10.1 Å². The normalized spacial score (nSPS) is 11.1. The van der Waals surface area contributed by atoms with E-state index in [-0.39, 0.29) is 6.61 Å². The standard InChI is InChI=1S/C19H19N3O2/c1-3-15-8-10-16(11-9-15)19-21-18(24-22-19)13-23-20-12-17-7-5-4-6-14(17)2/h4-12H,3,13H2,1-2H3/b20-12-. The van der Waals surface area contributed by atoms with Gasteiger partial charge in [-0.2, -0.15) is 4.98 Å². The maximum atomic E-state index is 5.24. The smallest absolute Gasteiger partial charge is 0.267 e. The van der Waals surface area contributed by atoms with Gasteiger partial charge in [-0.3, -0.25) is 0 Å². The number of oxime groups is 1. The van der Waals surface area contributed by atoms with Gasteiger partial charge in [0.1, 0.15) is 0 Å². The summed E-state index contributed by atoms with van der Waals surface area (Å²) < 4.78 is 5.19. The van der Waals surface area contributed by atoms with E-state index in [9.17, 15) is 0 Å². The monoisotopic (exact) mass is 321 g/mol. The van der Waals surface area contributed by atoms with E-state index < -0.39 is 0 Å². The first-order chi connectivity index (χ1) is 11.8. The Morgan fingerprint density at radius 1 is 1.12 bits per heavy atom. The Morgan fingerprint density at radius 3 is 2.67 bits per heavy atom. The lowest BCUT2D eigenvalue weighted by atomic mass is 10.1. The molecule has 0 N–H and O–H groups in total. The molecule has 0 aliphatic carbocycles. The number of benzene rings is 2. The maximum Gasteiger partial charge on any atom is 0.267 e. The van der Waals surface area contributed by atoms with Crippen molar-refractivity contribution >= 4 is 6.21 Å². The molecule has 2 aromatic carbocycles. The Balaban J connectivity index is 1.59. The van der Waals surface area contributed by atoms with Crippen LogP contribution >= 0.6 is 0 Å². The first-order valence-corrected chi connectivity index (χ1v) is 7.89. The minimum atomic E-state index is 0.141. The highest BCUT2D eigenvalue weighted by Gasteiger charge is 2.08. The van der Waals surface area contributed by atoms with Crippen LogP contribution in [-0.2, 0) is 17.9 Å². The van der Waals surface area contributed by atoms with E-state index in [1.807, 2.05) is 43.3 Å². The highest BCUT2D eigenvalue weighted by atomic mass is 16.6. The molecule has 0 saturated heterocycles. The number of nitrogens with zero attached hydrogens (tertiary/aromatic N) is 3. The van der Waals surface area contributed by atoms with E-state index in [1.54, 1.807) is 6.21 Å². The number of hydrogen-bond acceptors (Lipinski definition) is 5. The van der Waals surface area contributed by atoms with Gasteiger partial charge in [-0.15, -0.1) is 0 Å². The van der Waals surface area contributed by atoms with Crippen LogP contribution < -0.4 is 0 Å². The Hall–Kier alpha value is -2.95.